The van der Waals surface area contributed by atoms with Crippen LogP contribution >= 0.6 is 11.3 Å². The molecular formula is C20H26N2O4S2. The Bertz CT molecular complexity index is 889. The molecule has 0 radical (unpaired) electrons. The molecule has 1 atom stereocenters. The lowest BCUT2D eigenvalue weighted by Gasteiger charge is -2.17. The third-order valence-corrected chi connectivity index (χ3v) is 7.48. The lowest BCUT2D eigenvalue weighted by Crippen LogP contribution is -2.42. The SMILES string of the molecule is Cc1ccc(S(=O)(=O)C(CNC(=O)C(=O)NCCC(C)C)c2cccs2)cc1. The summed E-state index contributed by atoms with van der Waals surface area (Å²) >= 11 is 1.30. The topological polar surface area (TPSA) is 92.3 Å². The van der Waals surface area contributed by atoms with Gasteiger partial charge in [0.05, 0.1) is 4.90 Å². The first-order valence-electron chi connectivity index (χ1n) is 9.11. The van der Waals surface area contributed by atoms with Gasteiger partial charge in [0.1, 0.15) is 5.25 Å². The average Bonchev–Trinajstić information content (AvgIpc) is 3.15. The van der Waals surface area contributed by atoms with Crippen LogP contribution < -0.4 is 10.6 Å². The van der Waals surface area contributed by atoms with E-state index in [-0.39, 0.29) is 11.4 Å². The van der Waals surface area contributed by atoms with Gasteiger partial charge < -0.3 is 10.6 Å². The van der Waals surface area contributed by atoms with Crippen molar-refractivity contribution in [3.05, 3.63) is 52.2 Å². The molecule has 0 aliphatic heterocycles. The summed E-state index contributed by atoms with van der Waals surface area (Å²) in [7, 11) is -3.73. The van der Waals surface area contributed by atoms with E-state index in [4.69, 9.17) is 0 Å². The third-order valence-electron chi connectivity index (χ3n) is 4.25. The highest BCUT2D eigenvalue weighted by Gasteiger charge is 2.31. The summed E-state index contributed by atoms with van der Waals surface area (Å²) < 4.78 is 26.3. The molecule has 0 fully saturated rings. The minimum absolute atomic E-state index is 0.173. The number of hydrogen-bond acceptors (Lipinski definition) is 5. The molecule has 152 valence electrons. The van der Waals surface area contributed by atoms with Crippen LogP contribution in [0.3, 0.4) is 0 Å². The Labute approximate surface area is 170 Å². The lowest BCUT2D eigenvalue weighted by atomic mass is 10.1. The van der Waals surface area contributed by atoms with E-state index < -0.39 is 26.9 Å². The zero-order valence-corrected chi connectivity index (χ0v) is 17.9. The van der Waals surface area contributed by atoms with E-state index in [2.05, 4.69) is 10.6 Å². The molecule has 0 aliphatic carbocycles. The maximum atomic E-state index is 13.1. The van der Waals surface area contributed by atoms with Crippen molar-refractivity contribution in [1.29, 1.82) is 0 Å². The van der Waals surface area contributed by atoms with Crippen molar-refractivity contribution in [1.82, 2.24) is 10.6 Å². The van der Waals surface area contributed by atoms with Crippen molar-refractivity contribution >= 4 is 33.0 Å². The van der Waals surface area contributed by atoms with Crippen LogP contribution in [0.4, 0.5) is 0 Å². The number of benzene rings is 1. The average molecular weight is 423 g/mol. The van der Waals surface area contributed by atoms with Crippen molar-refractivity contribution in [3.63, 3.8) is 0 Å². The van der Waals surface area contributed by atoms with Crippen molar-refractivity contribution < 1.29 is 18.0 Å². The first kappa shape index (κ1) is 22.1. The zero-order valence-electron chi connectivity index (χ0n) is 16.3. The maximum Gasteiger partial charge on any atom is 0.309 e. The highest BCUT2D eigenvalue weighted by Crippen LogP contribution is 2.31. The number of carbonyl (C=O) groups excluding carboxylic acids is 2. The number of amides is 2. The van der Waals surface area contributed by atoms with Gasteiger partial charge in [-0.15, -0.1) is 11.3 Å². The minimum atomic E-state index is -3.73. The molecular weight excluding hydrogens is 396 g/mol. The van der Waals surface area contributed by atoms with Gasteiger partial charge in [-0.3, -0.25) is 9.59 Å². The van der Waals surface area contributed by atoms with E-state index in [0.717, 1.165) is 12.0 Å². The smallest absolute Gasteiger partial charge is 0.309 e. The van der Waals surface area contributed by atoms with Crippen LogP contribution in [-0.4, -0.2) is 33.3 Å². The molecule has 1 aromatic carbocycles. The Morgan fingerprint density at radius 2 is 1.68 bits per heavy atom. The van der Waals surface area contributed by atoms with Gasteiger partial charge in [0.15, 0.2) is 9.84 Å². The molecule has 0 aliphatic rings. The highest BCUT2D eigenvalue weighted by atomic mass is 32.2. The molecule has 1 unspecified atom stereocenters. The predicted octanol–water partition coefficient (Wildman–Crippen LogP) is 2.85. The Kier molecular flexibility index (Phi) is 7.77. The van der Waals surface area contributed by atoms with Crippen LogP contribution in [-0.2, 0) is 19.4 Å². The van der Waals surface area contributed by atoms with Crippen LogP contribution in [0, 0.1) is 12.8 Å². The second-order valence-corrected chi connectivity index (χ2v) is 10.1. The number of rotatable bonds is 8. The summed E-state index contributed by atoms with van der Waals surface area (Å²) in [5.41, 5.74) is 0.956. The fraction of sp³-hybridized carbons (Fsp3) is 0.400. The second-order valence-electron chi connectivity index (χ2n) is 7.01. The lowest BCUT2D eigenvalue weighted by molar-refractivity contribution is -0.139. The number of sulfone groups is 1. The van der Waals surface area contributed by atoms with Crippen molar-refractivity contribution in [2.75, 3.05) is 13.1 Å². The third kappa shape index (κ3) is 5.90. The summed E-state index contributed by atoms with van der Waals surface area (Å²) in [4.78, 5) is 24.8. The van der Waals surface area contributed by atoms with E-state index in [0.29, 0.717) is 17.3 Å². The molecule has 28 heavy (non-hydrogen) atoms. The standard InChI is InChI=1S/C20H26N2O4S2/c1-14(2)10-11-21-19(23)20(24)22-13-18(17-5-4-12-27-17)28(25,26)16-8-6-15(3)7-9-16/h4-9,12,14,18H,10-11,13H2,1-3H3,(H,21,23)(H,22,24). The van der Waals surface area contributed by atoms with Gasteiger partial charge in [-0.05, 0) is 42.8 Å². The minimum Gasteiger partial charge on any atom is -0.348 e. The fourth-order valence-corrected chi connectivity index (χ4v) is 5.33. The molecule has 2 aromatic rings. The second kappa shape index (κ2) is 9.84. The van der Waals surface area contributed by atoms with Crippen molar-refractivity contribution in [3.8, 4) is 0 Å². The molecule has 1 heterocycles. The Hall–Kier alpha value is -2.19. The van der Waals surface area contributed by atoms with Crippen LogP contribution in [0.2, 0.25) is 0 Å². The number of carbonyl (C=O) groups is 2. The molecule has 0 bridgehead atoms. The number of thiophene rings is 1. The van der Waals surface area contributed by atoms with Gasteiger partial charge in [-0.2, -0.15) is 0 Å². The largest absolute Gasteiger partial charge is 0.348 e. The monoisotopic (exact) mass is 422 g/mol. The first-order valence-corrected chi connectivity index (χ1v) is 11.5. The number of nitrogens with one attached hydrogen (secondary N) is 2. The van der Waals surface area contributed by atoms with E-state index in [9.17, 15) is 18.0 Å². The summed E-state index contributed by atoms with van der Waals surface area (Å²) in [5, 5.41) is 5.85. The van der Waals surface area contributed by atoms with Crippen LogP contribution in [0.15, 0.2) is 46.7 Å². The molecule has 2 N–H and O–H groups in total. The van der Waals surface area contributed by atoms with Gasteiger partial charge in [0.2, 0.25) is 0 Å². The van der Waals surface area contributed by atoms with E-state index in [1.54, 1.807) is 41.8 Å². The van der Waals surface area contributed by atoms with Crippen LogP contribution in [0.25, 0.3) is 0 Å². The highest BCUT2D eigenvalue weighted by molar-refractivity contribution is 7.91. The number of hydrogen-bond donors (Lipinski definition) is 2. The molecule has 6 nitrogen and oxygen atoms in total. The molecule has 0 spiro atoms. The van der Waals surface area contributed by atoms with Gasteiger partial charge in [-0.25, -0.2) is 8.42 Å². The molecule has 0 saturated heterocycles. The molecule has 1 aromatic heterocycles. The summed E-state index contributed by atoms with van der Waals surface area (Å²) in [6, 6.07) is 10.1. The van der Waals surface area contributed by atoms with E-state index >= 15 is 0 Å². The van der Waals surface area contributed by atoms with Gasteiger partial charge in [0, 0.05) is 18.0 Å². The Morgan fingerprint density at radius 1 is 1.04 bits per heavy atom. The van der Waals surface area contributed by atoms with Gasteiger partial charge in [0.25, 0.3) is 0 Å². The summed E-state index contributed by atoms with van der Waals surface area (Å²) in [6.45, 7) is 6.15. The molecule has 2 amide bonds. The molecule has 8 heteroatoms. The summed E-state index contributed by atoms with van der Waals surface area (Å²) in [6.07, 6.45) is 0.763. The fourth-order valence-electron chi connectivity index (χ4n) is 2.55. The predicted molar refractivity (Wildman–Crippen MR) is 111 cm³/mol. The first-order chi connectivity index (χ1) is 13.2. The maximum absolute atomic E-state index is 13.1. The summed E-state index contributed by atoms with van der Waals surface area (Å²) in [5.74, 6) is -1.17. The van der Waals surface area contributed by atoms with Crippen molar-refractivity contribution in [2.45, 2.75) is 37.3 Å². The van der Waals surface area contributed by atoms with E-state index in [1.807, 2.05) is 20.8 Å². The zero-order chi connectivity index (χ0) is 20.7. The quantitative estimate of drug-likeness (QED) is 0.640. The molecule has 0 saturated carbocycles. The van der Waals surface area contributed by atoms with Gasteiger partial charge >= 0.3 is 11.8 Å². The van der Waals surface area contributed by atoms with Gasteiger partial charge in [-0.1, -0.05) is 37.6 Å². The number of aryl methyl sites for hydroxylation is 1. The van der Waals surface area contributed by atoms with E-state index in [1.165, 1.54) is 11.3 Å². The Balaban J connectivity index is 2.11. The van der Waals surface area contributed by atoms with Crippen molar-refractivity contribution in [2.24, 2.45) is 5.92 Å². The van der Waals surface area contributed by atoms with Crippen LogP contribution in [0.1, 0.15) is 36.0 Å². The Morgan fingerprint density at radius 3 is 2.25 bits per heavy atom. The normalized spacial score (nSPS) is 12.6. The van der Waals surface area contributed by atoms with Crippen LogP contribution in [0.5, 0.6) is 0 Å². The molecule has 2 rings (SSSR count).